The van der Waals surface area contributed by atoms with E-state index in [0.29, 0.717) is 16.1 Å². The molecular weight excluding hydrogens is 240 g/mol. The fourth-order valence-electron chi connectivity index (χ4n) is 2.85. The molecule has 19 heavy (non-hydrogen) atoms. The number of nitrogens with zero attached hydrogens (tertiary/aromatic N) is 1. The molecule has 0 atom stereocenters. The fraction of sp³-hybridized carbons (Fsp3) is 0. The quantitative estimate of drug-likeness (QED) is 0.635. The van der Waals surface area contributed by atoms with Gasteiger partial charge in [0.15, 0.2) is 5.43 Å². The van der Waals surface area contributed by atoms with Crippen molar-refractivity contribution in [1.29, 1.82) is 5.26 Å². The van der Waals surface area contributed by atoms with Crippen molar-refractivity contribution in [1.82, 2.24) is 0 Å². The van der Waals surface area contributed by atoms with Crippen LogP contribution in [-0.4, -0.2) is 5.91 Å². The first-order valence-electron chi connectivity index (χ1n) is 5.79. The molecule has 4 nitrogen and oxygen atoms in total. The van der Waals surface area contributed by atoms with Crippen LogP contribution in [0.25, 0.3) is 16.3 Å². The Morgan fingerprint density at radius 3 is 2.63 bits per heavy atom. The third-order valence-electron chi connectivity index (χ3n) is 3.60. The molecule has 0 bridgehead atoms. The molecule has 4 heteroatoms. The highest BCUT2D eigenvalue weighted by molar-refractivity contribution is 6.30. The van der Waals surface area contributed by atoms with Gasteiger partial charge in [0.05, 0.1) is 5.69 Å². The Morgan fingerprint density at radius 1 is 1.00 bits per heavy atom. The summed E-state index contributed by atoms with van der Waals surface area (Å²) in [6.07, 6.45) is 0. The molecule has 0 saturated carbocycles. The number of anilines is 1. The largest absolute Gasteiger partial charge is 0.320 e. The average Bonchev–Trinajstić information content (AvgIpc) is 2.89. The van der Waals surface area contributed by atoms with Crippen LogP contribution in [0.5, 0.6) is 0 Å². The zero-order chi connectivity index (χ0) is 13.1. The summed E-state index contributed by atoms with van der Waals surface area (Å²) in [5, 5.41) is 15.3. The van der Waals surface area contributed by atoms with Crippen LogP contribution >= 0.6 is 0 Å². The van der Waals surface area contributed by atoms with Crippen LogP contribution in [-0.2, 0) is 4.79 Å². The first-order valence-corrected chi connectivity index (χ1v) is 5.79. The molecule has 0 radical (unpaired) electrons. The molecule has 0 spiro atoms. The summed E-state index contributed by atoms with van der Waals surface area (Å²) >= 11 is 0. The van der Waals surface area contributed by atoms with Crippen LogP contribution in [0.2, 0.25) is 0 Å². The van der Waals surface area contributed by atoms with E-state index in [4.69, 9.17) is 5.26 Å². The lowest BCUT2D eigenvalue weighted by molar-refractivity contribution is -0.110. The van der Waals surface area contributed by atoms with Gasteiger partial charge in [-0.05, 0) is 11.5 Å². The lowest BCUT2D eigenvalue weighted by Gasteiger charge is -1.98. The Kier molecular flexibility index (Phi) is 1.63. The van der Waals surface area contributed by atoms with Crippen LogP contribution in [0.4, 0.5) is 5.69 Å². The number of nitrogens with one attached hydrogen (secondary N) is 1. The van der Waals surface area contributed by atoms with Crippen molar-refractivity contribution in [2.45, 2.75) is 0 Å². The molecule has 88 valence electrons. The Hall–Kier alpha value is -2.93. The first-order chi connectivity index (χ1) is 9.22. The van der Waals surface area contributed by atoms with Crippen molar-refractivity contribution >= 4 is 27.9 Å². The predicted molar refractivity (Wildman–Crippen MR) is 69.6 cm³/mol. The molecule has 1 N–H and O–H groups in total. The standard InChI is InChI=1S/C15H6N2O2/c16-6-9-12-13-10(18)5-4-7-2-1-3-8(11(7)13)14(12)17-15(9)19/h1-5H,(H,17,19). The van der Waals surface area contributed by atoms with E-state index in [1.54, 1.807) is 6.07 Å². The third-order valence-corrected chi connectivity index (χ3v) is 3.60. The van der Waals surface area contributed by atoms with Gasteiger partial charge in [-0.1, -0.05) is 24.3 Å². The van der Waals surface area contributed by atoms with Gasteiger partial charge in [-0.25, -0.2) is 0 Å². The summed E-state index contributed by atoms with van der Waals surface area (Å²) < 4.78 is 0. The minimum absolute atomic E-state index is 0.0239. The zero-order valence-corrected chi connectivity index (χ0v) is 9.65. The minimum Gasteiger partial charge on any atom is -0.320 e. The second-order valence-corrected chi connectivity index (χ2v) is 4.53. The van der Waals surface area contributed by atoms with E-state index in [-0.39, 0.29) is 11.0 Å². The van der Waals surface area contributed by atoms with Crippen LogP contribution in [0, 0.1) is 21.8 Å². The van der Waals surface area contributed by atoms with Crippen molar-refractivity contribution in [2.24, 2.45) is 0 Å². The summed E-state index contributed by atoms with van der Waals surface area (Å²) in [5.41, 5.74) is 0.454. The van der Waals surface area contributed by atoms with E-state index in [2.05, 4.69) is 5.32 Å². The van der Waals surface area contributed by atoms with Crippen LogP contribution in [0.1, 0.15) is 0 Å². The number of rotatable bonds is 0. The van der Waals surface area contributed by atoms with Gasteiger partial charge in [0.2, 0.25) is 0 Å². The van der Waals surface area contributed by atoms with Gasteiger partial charge in [0, 0.05) is 21.0 Å². The highest BCUT2D eigenvalue weighted by Gasteiger charge is 2.25. The molecule has 0 unspecified atom stereocenters. The second-order valence-electron chi connectivity index (χ2n) is 4.53. The third kappa shape index (κ3) is 1.03. The highest BCUT2D eigenvalue weighted by Crippen LogP contribution is 2.25. The monoisotopic (exact) mass is 246 g/mol. The number of carbonyl (C=O) groups is 1. The molecule has 4 rings (SSSR count). The number of carbonyl (C=O) groups excluding carboxylic acids is 1. The Balaban J connectivity index is 2.57. The molecule has 0 saturated heterocycles. The van der Waals surface area contributed by atoms with E-state index in [0.717, 1.165) is 16.0 Å². The summed E-state index contributed by atoms with van der Waals surface area (Å²) in [7, 11) is 0. The first kappa shape index (κ1) is 10.0. The molecule has 0 aromatic heterocycles. The van der Waals surface area contributed by atoms with Gasteiger partial charge in [0.25, 0.3) is 5.91 Å². The Bertz CT molecular complexity index is 1080. The molecular formula is C15H6N2O2. The maximum Gasteiger partial charge on any atom is 0.267 e. The van der Waals surface area contributed by atoms with Crippen molar-refractivity contribution in [3.8, 4) is 6.07 Å². The fourth-order valence-corrected chi connectivity index (χ4v) is 2.85. The number of benzene rings is 1. The number of hydrogen-bond acceptors (Lipinski definition) is 3. The maximum atomic E-state index is 12.1. The van der Waals surface area contributed by atoms with Crippen molar-refractivity contribution in [2.75, 3.05) is 5.32 Å². The normalized spacial score (nSPS) is 13.8. The molecule has 3 aliphatic rings. The molecule has 1 aliphatic heterocycles. The van der Waals surface area contributed by atoms with Crippen molar-refractivity contribution in [3.63, 3.8) is 0 Å². The average molecular weight is 246 g/mol. The molecule has 2 aliphatic carbocycles. The molecule has 1 heterocycles. The van der Waals surface area contributed by atoms with Gasteiger partial charge in [-0.2, -0.15) is 5.26 Å². The topological polar surface area (TPSA) is 70.0 Å². The lowest BCUT2D eigenvalue weighted by atomic mass is 10.1. The summed E-state index contributed by atoms with van der Waals surface area (Å²) in [6.45, 7) is 0. The smallest absolute Gasteiger partial charge is 0.267 e. The van der Waals surface area contributed by atoms with Gasteiger partial charge in [-0.3, -0.25) is 9.59 Å². The van der Waals surface area contributed by atoms with Crippen LogP contribution in [0.3, 0.4) is 0 Å². The van der Waals surface area contributed by atoms with Crippen molar-refractivity contribution < 1.29 is 4.79 Å². The van der Waals surface area contributed by atoms with Gasteiger partial charge in [-0.15, -0.1) is 0 Å². The van der Waals surface area contributed by atoms with Gasteiger partial charge >= 0.3 is 0 Å². The summed E-state index contributed by atoms with van der Waals surface area (Å²) in [6, 6.07) is 10.8. The molecule has 0 fully saturated rings. The Morgan fingerprint density at radius 2 is 1.84 bits per heavy atom. The van der Waals surface area contributed by atoms with Crippen LogP contribution < -0.4 is 16.0 Å². The Labute approximate surface area is 106 Å². The van der Waals surface area contributed by atoms with E-state index in [9.17, 15) is 9.59 Å². The molecule has 1 amide bonds. The van der Waals surface area contributed by atoms with E-state index in [1.165, 1.54) is 6.07 Å². The molecule has 1 aromatic rings. The van der Waals surface area contributed by atoms with E-state index >= 15 is 0 Å². The number of amides is 1. The second kappa shape index (κ2) is 3.09. The summed E-state index contributed by atoms with van der Waals surface area (Å²) in [4.78, 5) is 23.9. The predicted octanol–water partition coefficient (Wildman–Crippen LogP) is 0.708. The summed E-state index contributed by atoms with van der Waals surface area (Å²) in [5.74, 6) is -0.432. The van der Waals surface area contributed by atoms with E-state index in [1.807, 2.05) is 24.3 Å². The van der Waals surface area contributed by atoms with Crippen LogP contribution in [0.15, 0.2) is 35.1 Å². The number of fused-ring (bicyclic) bond motifs is 3. The lowest BCUT2D eigenvalue weighted by Crippen LogP contribution is -2.13. The number of hydrogen-bond donors (Lipinski definition) is 1. The van der Waals surface area contributed by atoms with E-state index < -0.39 is 5.91 Å². The minimum atomic E-state index is -0.432. The number of nitriles is 1. The maximum absolute atomic E-state index is 12.1. The molecule has 1 aromatic carbocycles. The highest BCUT2D eigenvalue weighted by atomic mass is 16.2. The van der Waals surface area contributed by atoms with Crippen molar-refractivity contribution in [3.05, 3.63) is 56.2 Å². The SMILES string of the molecule is N#CC1=c2c(c3cccc4ccc(=O)c2=c43)NC1=O. The zero-order valence-electron chi connectivity index (χ0n) is 9.65. The van der Waals surface area contributed by atoms with Gasteiger partial charge < -0.3 is 5.32 Å². The van der Waals surface area contributed by atoms with Gasteiger partial charge in [0.1, 0.15) is 11.6 Å².